The predicted octanol–water partition coefficient (Wildman–Crippen LogP) is 2.36. The number of hydrogen-bond acceptors (Lipinski definition) is 3. The minimum absolute atomic E-state index is 0.773. The van der Waals surface area contributed by atoms with Crippen molar-refractivity contribution < 1.29 is 9.15 Å². The molecule has 0 bridgehead atoms. The van der Waals surface area contributed by atoms with E-state index in [1.807, 2.05) is 0 Å². The van der Waals surface area contributed by atoms with Gasteiger partial charge in [0.1, 0.15) is 11.5 Å². The minimum Gasteiger partial charge on any atom is -0.465 e. The maximum Gasteiger partial charge on any atom is 0.117 e. The molecule has 1 fully saturated rings. The summed E-state index contributed by atoms with van der Waals surface area (Å²) in [6, 6.07) is 4.13. The topological polar surface area (TPSA) is 34.4 Å². The molecule has 1 aliphatic heterocycles. The maximum absolute atomic E-state index is 5.64. The summed E-state index contributed by atoms with van der Waals surface area (Å²) in [6.07, 6.45) is 3.34. The summed E-state index contributed by atoms with van der Waals surface area (Å²) >= 11 is 0. The first-order valence-corrected chi connectivity index (χ1v) is 6.24. The molecule has 0 saturated carbocycles. The Kier molecular flexibility index (Phi) is 4.43. The molecule has 2 heterocycles. The lowest BCUT2D eigenvalue weighted by atomic mass is 10.0. The van der Waals surface area contributed by atoms with Gasteiger partial charge in [0, 0.05) is 19.6 Å². The van der Waals surface area contributed by atoms with Crippen molar-refractivity contribution in [1.29, 1.82) is 0 Å². The van der Waals surface area contributed by atoms with E-state index in [-0.39, 0.29) is 0 Å². The molecule has 0 amide bonds. The van der Waals surface area contributed by atoms with Gasteiger partial charge in [0.25, 0.3) is 0 Å². The molecular formula is C13H21NO2. The second-order valence-corrected chi connectivity index (χ2v) is 4.41. The molecule has 1 aromatic heterocycles. The summed E-state index contributed by atoms with van der Waals surface area (Å²) in [4.78, 5) is 0. The van der Waals surface area contributed by atoms with Crippen LogP contribution in [0.25, 0.3) is 0 Å². The molecule has 90 valence electrons. The average molecular weight is 223 g/mol. The van der Waals surface area contributed by atoms with Crippen LogP contribution in [0, 0.1) is 5.92 Å². The van der Waals surface area contributed by atoms with E-state index in [0.717, 1.165) is 50.2 Å². The number of nitrogens with one attached hydrogen (secondary N) is 1. The zero-order chi connectivity index (χ0) is 11.2. The van der Waals surface area contributed by atoms with Gasteiger partial charge in [-0.15, -0.1) is 0 Å². The Balaban J connectivity index is 1.66. The smallest absolute Gasteiger partial charge is 0.117 e. The summed E-state index contributed by atoms with van der Waals surface area (Å²) in [5, 5.41) is 3.46. The third-order valence-corrected chi connectivity index (χ3v) is 3.14. The molecule has 16 heavy (non-hydrogen) atoms. The summed E-state index contributed by atoms with van der Waals surface area (Å²) < 4.78 is 11.0. The van der Waals surface area contributed by atoms with E-state index in [9.17, 15) is 0 Å². The van der Waals surface area contributed by atoms with Crippen LogP contribution in [0.4, 0.5) is 0 Å². The van der Waals surface area contributed by atoms with Gasteiger partial charge in [-0.05, 0) is 37.4 Å². The Morgan fingerprint density at radius 2 is 2.00 bits per heavy atom. The van der Waals surface area contributed by atoms with Crippen molar-refractivity contribution in [3.05, 3.63) is 23.7 Å². The van der Waals surface area contributed by atoms with E-state index >= 15 is 0 Å². The van der Waals surface area contributed by atoms with Crippen LogP contribution in [-0.4, -0.2) is 19.8 Å². The molecule has 0 atom stereocenters. The Morgan fingerprint density at radius 3 is 2.69 bits per heavy atom. The Labute approximate surface area is 97.2 Å². The summed E-state index contributed by atoms with van der Waals surface area (Å²) in [7, 11) is 0. The molecule has 1 aromatic rings. The number of furan rings is 1. The first-order chi connectivity index (χ1) is 7.88. The van der Waals surface area contributed by atoms with E-state index in [1.54, 1.807) is 0 Å². The van der Waals surface area contributed by atoms with E-state index in [4.69, 9.17) is 9.15 Å². The lowest BCUT2D eigenvalue weighted by Gasteiger charge is -2.21. The summed E-state index contributed by atoms with van der Waals surface area (Å²) in [6.45, 7) is 5.88. The van der Waals surface area contributed by atoms with Gasteiger partial charge in [0.2, 0.25) is 0 Å². The monoisotopic (exact) mass is 223 g/mol. The number of rotatable bonds is 5. The van der Waals surface area contributed by atoms with Crippen LogP contribution in [0.1, 0.15) is 31.3 Å². The zero-order valence-electron chi connectivity index (χ0n) is 10.00. The second-order valence-electron chi connectivity index (χ2n) is 4.41. The van der Waals surface area contributed by atoms with Gasteiger partial charge in [-0.1, -0.05) is 6.92 Å². The molecule has 2 rings (SSSR count). The van der Waals surface area contributed by atoms with Crippen molar-refractivity contribution in [2.45, 2.75) is 32.7 Å². The predicted molar refractivity (Wildman–Crippen MR) is 63.3 cm³/mol. The van der Waals surface area contributed by atoms with Crippen molar-refractivity contribution in [3.63, 3.8) is 0 Å². The Hall–Kier alpha value is -0.800. The van der Waals surface area contributed by atoms with Gasteiger partial charge < -0.3 is 14.5 Å². The van der Waals surface area contributed by atoms with Crippen LogP contribution in [0.15, 0.2) is 16.5 Å². The number of hydrogen-bond donors (Lipinski definition) is 1. The van der Waals surface area contributed by atoms with Crippen LogP contribution in [-0.2, 0) is 17.7 Å². The fourth-order valence-corrected chi connectivity index (χ4v) is 2.06. The largest absolute Gasteiger partial charge is 0.465 e. The lowest BCUT2D eigenvalue weighted by Crippen LogP contribution is -2.27. The van der Waals surface area contributed by atoms with Gasteiger partial charge in [0.05, 0.1) is 6.54 Å². The zero-order valence-corrected chi connectivity index (χ0v) is 10.00. The Morgan fingerprint density at radius 1 is 1.25 bits per heavy atom. The van der Waals surface area contributed by atoms with Gasteiger partial charge in [-0.2, -0.15) is 0 Å². The standard InChI is InChI=1S/C13H21NO2/c1-2-12-3-4-13(16-12)10-14-9-11-5-7-15-8-6-11/h3-4,11,14H,2,5-10H2,1H3. The molecular weight excluding hydrogens is 202 g/mol. The van der Waals surface area contributed by atoms with Gasteiger partial charge in [0.15, 0.2) is 0 Å². The van der Waals surface area contributed by atoms with E-state index in [2.05, 4.69) is 24.4 Å². The first kappa shape index (κ1) is 11.7. The molecule has 0 aliphatic carbocycles. The van der Waals surface area contributed by atoms with Gasteiger partial charge in [-0.3, -0.25) is 0 Å². The highest BCUT2D eigenvalue weighted by atomic mass is 16.5. The van der Waals surface area contributed by atoms with Crippen LogP contribution in [0.2, 0.25) is 0 Å². The maximum atomic E-state index is 5.64. The van der Waals surface area contributed by atoms with Crippen molar-refractivity contribution >= 4 is 0 Å². The molecule has 3 heteroatoms. The molecule has 0 unspecified atom stereocenters. The van der Waals surface area contributed by atoms with Crippen molar-refractivity contribution in [3.8, 4) is 0 Å². The van der Waals surface area contributed by atoms with Crippen LogP contribution < -0.4 is 5.32 Å². The van der Waals surface area contributed by atoms with Crippen LogP contribution in [0.5, 0.6) is 0 Å². The van der Waals surface area contributed by atoms with Crippen molar-refractivity contribution in [2.75, 3.05) is 19.8 Å². The first-order valence-electron chi connectivity index (χ1n) is 6.24. The molecule has 1 N–H and O–H groups in total. The third kappa shape index (κ3) is 3.35. The Bertz CT molecular complexity index is 303. The average Bonchev–Trinajstić information content (AvgIpc) is 2.78. The highest BCUT2D eigenvalue weighted by molar-refractivity contribution is 5.06. The van der Waals surface area contributed by atoms with Crippen LogP contribution in [0.3, 0.4) is 0 Å². The fraction of sp³-hybridized carbons (Fsp3) is 0.692. The van der Waals surface area contributed by atoms with Crippen LogP contribution >= 0.6 is 0 Å². The van der Waals surface area contributed by atoms with Crippen molar-refractivity contribution in [2.24, 2.45) is 5.92 Å². The molecule has 1 saturated heterocycles. The SMILES string of the molecule is CCc1ccc(CNCC2CCOCC2)o1. The minimum atomic E-state index is 0.773. The molecule has 0 aromatic carbocycles. The van der Waals surface area contributed by atoms with Crippen molar-refractivity contribution in [1.82, 2.24) is 5.32 Å². The highest BCUT2D eigenvalue weighted by Crippen LogP contribution is 2.14. The quantitative estimate of drug-likeness (QED) is 0.832. The lowest BCUT2D eigenvalue weighted by molar-refractivity contribution is 0.0661. The van der Waals surface area contributed by atoms with E-state index in [0.29, 0.717) is 0 Å². The number of ether oxygens (including phenoxy) is 1. The van der Waals surface area contributed by atoms with Gasteiger partial charge in [-0.25, -0.2) is 0 Å². The second kappa shape index (κ2) is 6.06. The molecule has 0 radical (unpaired) electrons. The normalized spacial score (nSPS) is 17.8. The highest BCUT2D eigenvalue weighted by Gasteiger charge is 2.13. The third-order valence-electron chi connectivity index (χ3n) is 3.14. The summed E-state index contributed by atoms with van der Waals surface area (Å²) in [5.74, 6) is 2.89. The number of aryl methyl sites for hydroxylation is 1. The molecule has 1 aliphatic rings. The summed E-state index contributed by atoms with van der Waals surface area (Å²) in [5.41, 5.74) is 0. The molecule has 0 spiro atoms. The van der Waals surface area contributed by atoms with Gasteiger partial charge >= 0.3 is 0 Å². The molecule has 3 nitrogen and oxygen atoms in total. The fourth-order valence-electron chi connectivity index (χ4n) is 2.06. The van der Waals surface area contributed by atoms with E-state index in [1.165, 1.54) is 12.8 Å². The van der Waals surface area contributed by atoms with E-state index < -0.39 is 0 Å².